The van der Waals surface area contributed by atoms with Crippen molar-refractivity contribution in [1.82, 2.24) is 0 Å². The maximum absolute atomic E-state index is 13.2. The van der Waals surface area contributed by atoms with Crippen LogP contribution in [0, 0.1) is 11.8 Å². The molecule has 0 amide bonds. The number of ether oxygens (including phenoxy) is 4. The van der Waals surface area contributed by atoms with E-state index in [1.54, 1.807) is 0 Å². The number of aliphatic hydroxyl groups is 1. The first-order chi connectivity index (χ1) is 55.9. The Bertz CT molecular complexity index is 2190. The molecule has 0 saturated carbocycles. The van der Waals surface area contributed by atoms with Crippen LogP contribution >= 0.6 is 15.6 Å². The number of phosphoric ester groups is 2. The molecular formula is C96H188O17P2. The monoisotopic (exact) mass is 1680 g/mol. The topological polar surface area (TPSA) is 237 Å². The molecular weight excluding hydrogens is 1490 g/mol. The molecule has 0 spiro atoms. The van der Waals surface area contributed by atoms with Crippen LogP contribution in [0.4, 0.5) is 0 Å². The largest absolute Gasteiger partial charge is 0.472 e. The van der Waals surface area contributed by atoms with Crippen LogP contribution in [0.3, 0.4) is 0 Å². The van der Waals surface area contributed by atoms with E-state index in [4.69, 9.17) is 37.0 Å². The molecule has 17 nitrogen and oxygen atoms in total. The Hall–Kier alpha value is -1.94. The van der Waals surface area contributed by atoms with E-state index >= 15 is 0 Å². The number of carbonyl (C=O) groups excluding carboxylic acids is 4. The van der Waals surface area contributed by atoms with E-state index in [1.807, 2.05) is 0 Å². The maximum atomic E-state index is 13.2. The lowest BCUT2D eigenvalue weighted by Crippen LogP contribution is -2.30. The van der Waals surface area contributed by atoms with Gasteiger partial charge in [0.15, 0.2) is 12.2 Å². The van der Waals surface area contributed by atoms with Crippen LogP contribution in [0.15, 0.2) is 0 Å². The third-order valence-electron chi connectivity index (χ3n) is 23.1. The van der Waals surface area contributed by atoms with E-state index in [2.05, 4.69) is 41.5 Å². The van der Waals surface area contributed by atoms with Gasteiger partial charge in [-0.1, -0.05) is 472 Å². The van der Waals surface area contributed by atoms with Crippen LogP contribution < -0.4 is 0 Å². The van der Waals surface area contributed by atoms with E-state index < -0.39 is 97.5 Å². The molecule has 0 radical (unpaired) electrons. The van der Waals surface area contributed by atoms with Gasteiger partial charge in [0.25, 0.3) is 0 Å². The molecule has 0 aromatic rings. The van der Waals surface area contributed by atoms with Crippen LogP contribution in [0.1, 0.15) is 523 Å². The van der Waals surface area contributed by atoms with Crippen molar-refractivity contribution in [2.45, 2.75) is 541 Å². The number of esters is 4. The summed E-state index contributed by atoms with van der Waals surface area (Å²) in [6.07, 6.45) is 83.6. The van der Waals surface area contributed by atoms with Gasteiger partial charge in [0.05, 0.1) is 26.4 Å². The molecule has 115 heavy (non-hydrogen) atoms. The van der Waals surface area contributed by atoms with Crippen LogP contribution in [-0.4, -0.2) is 96.7 Å². The van der Waals surface area contributed by atoms with Gasteiger partial charge in [-0.2, -0.15) is 0 Å². The number of hydrogen-bond donors (Lipinski definition) is 3. The lowest BCUT2D eigenvalue weighted by atomic mass is 9.99. The fourth-order valence-corrected chi connectivity index (χ4v) is 16.7. The first-order valence-electron chi connectivity index (χ1n) is 49.5. The number of hydrogen-bond acceptors (Lipinski definition) is 15. The van der Waals surface area contributed by atoms with Gasteiger partial charge in [0.1, 0.15) is 19.3 Å². The number of phosphoric acid groups is 2. The average Bonchev–Trinajstić information content (AvgIpc) is 0.897. The summed E-state index contributed by atoms with van der Waals surface area (Å²) in [6.45, 7) is 9.76. The Balaban J connectivity index is 5.22. The molecule has 0 aliphatic carbocycles. The molecule has 684 valence electrons. The van der Waals surface area contributed by atoms with Crippen molar-refractivity contribution in [3.05, 3.63) is 0 Å². The highest BCUT2D eigenvalue weighted by atomic mass is 31.2. The molecule has 6 atom stereocenters. The Morgan fingerprint density at radius 3 is 0.661 bits per heavy atom. The van der Waals surface area contributed by atoms with Gasteiger partial charge in [-0.05, 0) is 37.5 Å². The highest BCUT2D eigenvalue weighted by molar-refractivity contribution is 7.47. The Morgan fingerprint density at radius 2 is 0.443 bits per heavy atom. The van der Waals surface area contributed by atoms with Crippen molar-refractivity contribution in [2.75, 3.05) is 39.6 Å². The highest BCUT2D eigenvalue weighted by Crippen LogP contribution is 2.45. The number of unbranched alkanes of at least 4 members (excludes halogenated alkanes) is 64. The van der Waals surface area contributed by atoms with Crippen LogP contribution in [0.5, 0.6) is 0 Å². The van der Waals surface area contributed by atoms with Crippen LogP contribution in [-0.2, 0) is 65.4 Å². The molecule has 0 bridgehead atoms. The van der Waals surface area contributed by atoms with Crippen molar-refractivity contribution < 1.29 is 80.2 Å². The first-order valence-corrected chi connectivity index (χ1v) is 52.5. The summed E-state index contributed by atoms with van der Waals surface area (Å²) in [5.74, 6) is -0.495. The Morgan fingerprint density at radius 1 is 0.252 bits per heavy atom. The smallest absolute Gasteiger partial charge is 0.462 e. The second-order valence-electron chi connectivity index (χ2n) is 35.2. The second kappa shape index (κ2) is 87.0. The van der Waals surface area contributed by atoms with E-state index in [1.165, 1.54) is 340 Å². The van der Waals surface area contributed by atoms with Gasteiger partial charge in [-0.25, -0.2) is 9.13 Å². The van der Waals surface area contributed by atoms with E-state index in [9.17, 15) is 43.2 Å². The number of rotatable bonds is 95. The average molecular weight is 1680 g/mol. The summed E-state index contributed by atoms with van der Waals surface area (Å²) in [6, 6.07) is 0. The molecule has 0 aromatic heterocycles. The van der Waals surface area contributed by atoms with Crippen molar-refractivity contribution in [1.29, 1.82) is 0 Å². The fourth-order valence-electron chi connectivity index (χ4n) is 15.2. The van der Waals surface area contributed by atoms with Crippen LogP contribution in [0.2, 0.25) is 0 Å². The summed E-state index contributed by atoms with van der Waals surface area (Å²) in [7, 11) is -9.94. The normalized spacial score (nSPS) is 13.9. The number of aliphatic hydroxyl groups excluding tert-OH is 1. The molecule has 3 unspecified atom stereocenters. The molecule has 3 N–H and O–H groups in total. The van der Waals surface area contributed by atoms with Gasteiger partial charge < -0.3 is 33.8 Å². The lowest BCUT2D eigenvalue weighted by molar-refractivity contribution is -0.161. The Labute approximate surface area is 708 Å². The summed E-state index contributed by atoms with van der Waals surface area (Å²) >= 11 is 0. The zero-order valence-electron chi connectivity index (χ0n) is 76.1. The summed E-state index contributed by atoms with van der Waals surface area (Å²) in [4.78, 5) is 73.6. The van der Waals surface area contributed by atoms with Gasteiger partial charge in [-0.3, -0.25) is 37.3 Å². The molecule has 0 saturated heterocycles. The van der Waals surface area contributed by atoms with Crippen molar-refractivity contribution >= 4 is 39.5 Å². The molecule has 0 aromatic carbocycles. The fraction of sp³-hybridized carbons (Fsp3) is 0.958. The lowest BCUT2D eigenvalue weighted by Gasteiger charge is -2.21. The van der Waals surface area contributed by atoms with Gasteiger partial charge in [0.2, 0.25) is 0 Å². The van der Waals surface area contributed by atoms with Crippen molar-refractivity contribution in [3.8, 4) is 0 Å². The third-order valence-corrected chi connectivity index (χ3v) is 25.0. The molecule has 19 heteroatoms. The molecule has 0 heterocycles. The minimum atomic E-state index is -4.97. The quantitative estimate of drug-likeness (QED) is 0.0222. The zero-order chi connectivity index (χ0) is 84.1. The summed E-state index contributed by atoms with van der Waals surface area (Å²) < 4.78 is 69.2. The SMILES string of the molecule is CCCCCCCCCCCCCCCCCCCCCCCC(=O)OC[C@H](COP(=O)(O)OC[C@@H](O)COP(=O)(O)OC[C@@H](COC(=O)CCCCCCCCCCC(C)C)OC(=O)CCCCCCCCCCCCCCCCCCCCCCC)OC(=O)CCCCCCCCCCCCCCCCCCCCC(C)CC. The highest BCUT2D eigenvalue weighted by Gasteiger charge is 2.31. The minimum absolute atomic E-state index is 0.109. The van der Waals surface area contributed by atoms with E-state index in [0.29, 0.717) is 25.7 Å². The van der Waals surface area contributed by atoms with Gasteiger partial charge in [-0.15, -0.1) is 0 Å². The molecule has 0 aliphatic heterocycles. The van der Waals surface area contributed by atoms with Crippen LogP contribution in [0.25, 0.3) is 0 Å². The predicted octanol–water partition coefficient (Wildman–Crippen LogP) is 30.1. The number of carbonyl (C=O) groups is 4. The van der Waals surface area contributed by atoms with E-state index in [-0.39, 0.29) is 25.7 Å². The molecule has 0 rings (SSSR count). The van der Waals surface area contributed by atoms with Gasteiger partial charge in [0, 0.05) is 25.7 Å². The summed E-state index contributed by atoms with van der Waals surface area (Å²) in [5, 5.41) is 10.7. The van der Waals surface area contributed by atoms with Crippen molar-refractivity contribution in [2.24, 2.45) is 11.8 Å². The first kappa shape index (κ1) is 113. The standard InChI is InChI=1S/C96H188O17P2/c1-7-10-12-14-16-18-20-22-24-26-28-30-32-37-41-45-49-53-60-66-72-78-93(98)106-84-91(112-95(100)80-74-69-63-55-51-47-43-39-35-34-36-40-44-48-52-59-65-71-77-89(6)9-3)86-110-114(102,103)108-82-90(97)83-109-115(104,105)111-87-92(85-107-94(99)79-73-67-61-57-56-58-64-70-76-88(4)5)113-96(101)81-75-68-62-54-50-46-42-38-33-31-29-27-25-23-21-19-17-15-13-11-8-2/h88-92,97H,7-87H2,1-6H3,(H,102,103)(H,104,105)/t89?,90-,91-,92-/m1/s1. The summed E-state index contributed by atoms with van der Waals surface area (Å²) in [5.41, 5.74) is 0. The Kier molecular flexibility index (Phi) is 85.5. The third kappa shape index (κ3) is 88.2. The van der Waals surface area contributed by atoms with Crippen molar-refractivity contribution in [3.63, 3.8) is 0 Å². The van der Waals surface area contributed by atoms with E-state index in [0.717, 1.165) is 102 Å². The predicted molar refractivity (Wildman–Crippen MR) is 478 cm³/mol. The zero-order valence-corrected chi connectivity index (χ0v) is 77.9. The maximum Gasteiger partial charge on any atom is 0.472 e. The molecule has 0 fully saturated rings. The van der Waals surface area contributed by atoms with Gasteiger partial charge >= 0.3 is 39.5 Å². The minimum Gasteiger partial charge on any atom is -0.462 e. The molecule has 0 aliphatic rings. The second-order valence-corrected chi connectivity index (χ2v) is 38.1.